The fraction of sp³-hybridized carbons (Fsp3) is 1.00. The summed E-state index contributed by atoms with van der Waals surface area (Å²) in [5, 5.41) is -0.330. The standard InChI is InChI=1S/C9H20N2O2S/c1-7(2)14(12,13)11-5-4-9(10)8(3)6-11/h7-9H,4-6,10H2,1-3H3/t8-,9+/m0/s1. The van der Waals surface area contributed by atoms with Gasteiger partial charge in [0.05, 0.1) is 5.25 Å². The van der Waals surface area contributed by atoms with Crippen LogP contribution in [-0.4, -0.2) is 37.1 Å². The molecule has 1 aliphatic heterocycles. The second-order valence-electron chi connectivity index (χ2n) is 4.38. The van der Waals surface area contributed by atoms with Crippen LogP contribution >= 0.6 is 0 Å². The zero-order valence-electron chi connectivity index (χ0n) is 9.10. The van der Waals surface area contributed by atoms with Crippen molar-refractivity contribution >= 4 is 10.0 Å². The summed E-state index contributed by atoms with van der Waals surface area (Å²) >= 11 is 0. The molecule has 0 aromatic heterocycles. The van der Waals surface area contributed by atoms with Crippen molar-refractivity contribution in [2.75, 3.05) is 13.1 Å². The largest absolute Gasteiger partial charge is 0.327 e. The average Bonchev–Trinajstić information content (AvgIpc) is 2.09. The van der Waals surface area contributed by atoms with Crippen molar-refractivity contribution in [1.29, 1.82) is 0 Å². The summed E-state index contributed by atoms with van der Waals surface area (Å²) in [6.45, 7) is 6.59. The minimum Gasteiger partial charge on any atom is -0.327 e. The lowest BCUT2D eigenvalue weighted by Crippen LogP contribution is -2.49. The van der Waals surface area contributed by atoms with Gasteiger partial charge in [-0.05, 0) is 26.2 Å². The van der Waals surface area contributed by atoms with E-state index >= 15 is 0 Å². The van der Waals surface area contributed by atoms with E-state index in [1.165, 1.54) is 0 Å². The highest BCUT2D eigenvalue weighted by Crippen LogP contribution is 2.19. The summed E-state index contributed by atoms with van der Waals surface area (Å²) in [5.41, 5.74) is 5.84. The van der Waals surface area contributed by atoms with Gasteiger partial charge in [-0.3, -0.25) is 0 Å². The number of sulfonamides is 1. The number of hydrogen-bond donors (Lipinski definition) is 1. The molecular weight excluding hydrogens is 200 g/mol. The predicted molar refractivity (Wildman–Crippen MR) is 57.4 cm³/mol. The average molecular weight is 220 g/mol. The first kappa shape index (κ1) is 11.9. The van der Waals surface area contributed by atoms with Crippen LogP contribution in [-0.2, 0) is 10.0 Å². The molecule has 0 saturated carbocycles. The number of nitrogens with two attached hydrogens (primary N) is 1. The Kier molecular flexibility index (Phi) is 3.55. The van der Waals surface area contributed by atoms with Crippen molar-refractivity contribution in [1.82, 2.24) is 4.31 Å². The van der Waals surface area contributed by atoms with Crippen molar-refractivity contribution in [3.63, 3.8) is 0 Å². The Hall–Kier alpha value is -0.130. The van der Waals surface area contributed by atoms with E-state index < -0.39 is 10.0 Å². The highest BCUT2D eigenvalue weighted by Gasteiger charge is 2.32. The zero-order chi connectivity index (χ0) is 10.9. The normalized spacial score (nSPS) is 30.9. The SMILES string of the molecule is CC(C)S(=O)(=O)N1CC[C@@H](N)[C@@H](C)C1. The van der Waals surface area contributed by atoms with E-state index in [0.29, 0.717) is 13.1 Å². The highest BCUT2D eigenvalue weighted by molar-refractivity contribution is 7.89. The van der Waals surface area contributed by atoms with Gasteiger partial charge in [0.25, 0.3) is 0 Å². The fourth-order valence-corrected chi connectivity index (χ4v) is 3.05. The molecule has 1 saturated heterocycles. The molecule has 0 unspecified atom stereocenters. The number of nitrogens with zero attached hydrogens (tertiary/aromatic N) is 1. The van der Waals surface area contributed by atoms with E-state index in [1.807, 2.05) is 6.92 Å². The summed E-state index contributed by atoms with van der Waals surface area (Å²) < 4.78 is 25.2. The molecule has 0 aliphatic carbocycles. The third-order valence-electron chi connectivity index (χ3n) is 2.89. The van der Waals surface area contributed by atoms with Gasteiger partial charge in [0.1, 0.15) is 0 Å². The van der Waals surface area contributed by atoms with Crippen LogP contribution in [0.4, 0.5) is 0 Å². The van der Waals surface area contributed by atoms with E-state index in [1.54, 1.807) is 18.2 Å². The molecule has 0 radical (unpaired) electrons. The maximum Gasteiger partial charge on any atom is 0.216 e. The molecule has 2 atom stereocenters. The molecule has 1 fully saturated rings. The topological polar surface area (TPSA) is 63.4 Å². The Balaban J connectivity index is 2.73. The second-order valence-corrected chi connectivity index (χ2v) is 6.87. The first-order valence-electron chi connectivity index (χ1n) is 5.10. The lowest BCUT2D eigenvalue weighted by atomic mass is 9.96. The molecule has 84 valence electrons. The summed E-state index contributed by atoms with van der Waals surface area (Å²) in [5.74, 6) is 0.261. The van der Waals surface area contributed by atoms with Gasteiger partial charge in [0.2, 0.25) is 10.0 Å². The third-order valence-corrected chi connectivity index (χ3v) is 5.13. The number of hydrogen-bond acceptors (Lipinski definition) is 3. The molecule has 14 heavy (non-hydrogen) atoms. The fourth-order valence-electron chi connectivity index (χ4n) is 1.65. The summed E-state index contributed by atoms with van der Waals surface area (Å²) in [6.07, 6.45) is 0.771. The van der Waals surface area contributed by atoms with Gasteiger partial charge in [-0.15, -0.1) is 0 Å². The molecular formula is C9H20N2O2S. The van der Waals surface area contributed by atoms with Crippen LogP contribution in [0.2, 0.25) is 0 Å². The molecule has 2 N–H and O–H groups in total. The number of rotatable bonds is 2. The number of piperidine rings is 1. The van der Waals surface area contributed by atoms with E-state index in [9.17, 15) is 8.42 Å². The zero-order valence-corrected chi connectivity index (χ0v) is 9.92. The van der Waals surface area contributed by atoms with Crippen LogP contribution in [0.25, 0.3) is 0 Å². The Morgan fingerprint density at radius 2 is 2.00 bits per heavy atom. The van der Waals surface area contributed by atoms with Crippen molar-refractivity contribution in [3.8, 4) is 0 Å². The van der Waals surface area contributed by atoms with Crippen molar-refractivity contribution in [2.24, 2.45) is 11.7 Å². The molecule has 5 heteroatoms. The van der Waals surface area contributed by atoms with Gasteiger partial charge >= 0.3 is 0 Å². The molecule has 0 spiro atoms. The van der Waals surface area contributed by atoms with E-state index in [-0.39, 0.29) is 17.2 Å². The lowest BCUT2D eigenvalue weighted by molar-refractivity contribution is 0.249. The maximum atomic E-state index is 11.8. The molecule has 0 amide bonds. The smallest absolute Gasteiger partial charge is 0.216 e. The van der Waals surface area contributed by atoms with E-state index in [4.69, 9.17) is 5.73 Å². The second kappa shape index (κ2) is 4.16. The van der Waals surface area contributed by atoms with Gasteiger partial charge < -0.3 is 5.73 Å². The van der Waals surface area contributed by atoms with E-state index in [2.05, 4.69) is 0 Å². The molecule has 1 heterocycles. The van der Waals surface area contributed by atoms with Gasteiger partial charge in [-0.1, -0.05) is 6.92 Å². The molecule has 4 nitrogen and oxygen atoms in total. The molecule has 1 rings (SSSR count). The van der Waals surface area contributed by atoms with Crippen LogP contribution in [0.1, 0.15) is 27.2 Å². The summed E-state index contributed by atoms with van der Waals surface area (Å²) in [7, 11) is -3.08. The Morgan fingerprint density at radius 1 is 1.43 bits per heavy atom. The van der Waals surface area contributed by atoms with Gasteiger partial charge in [0.15, 0.2) is 0 Å². The van der Waals surface area contributed by atoms with Crippen LogP contribution in [0, 0.1) is 5.92 Å². The Morgan fingerprint density at radius 3 is 2.43 bits per heavy atom. The first-order valence-corrected chi connectivity index (χ1v) is 6.60. The van der Waals surface area contributed by atoms with Crippen LogP contribution in [0.5, 0.6) is 0 Å². The summed E-state index contributed by atoms with van der Waals surface area (Å²) in [4.78, 5) is 0. The van der Waals surface area contributed by atoms with Crippen molar-refractivity contribution < 1.29 is 8.42 Å². The molecule has 0 aromatic rings. The molecule has 1 aliphatic rings. The minimum atomic E-state index is -3.08. The van der Waals surface area contributed by atoms with Gasteiger partial charge in [0, 0.05) is 19.1 Å². The maximum absolute atomic E-state index is 11.8. The summed E-state index contributed by atoms with van der Waals surface area (Å²) in [6, 6.07) is 0.147. The van der Waals surface area contributed by atoms with Gasteiger partial charge in [-0.25, -0.2) is 12.7 Å². The van der Waals surface area contributed by atoms with Crippen LogP contribution in [0.3, 0.4) is 0 Å². The predicted octanol–water partition coefficient (Wildman–Crippen LogP) is 0.394. The first-order chi connectivity index (χ1) is 6.35. The monoisotopic (exact) mass is 220 g/mol. The van der Waals surface area contributed by atoms with Crippen molar-refractivity contribution in [2.45, 2.75) is 38.5 Å². The minimum absolute atomic E-state index is 0.147. The highest BCUT2D eigenvalue weighted by atomic mass is 32.2. The Labute approximate surface area is 86.5 Å². The van der Waals surface area contributed by atoms with E-state index in [0.717, 1.165) is 6.42 Å². The third kappa shape index (κ3) is 2.27. The molecule has 0 aromatic carbocycles. The van der Waals surface area contributed by atoms with Gasteiger partial charge in [-0.2, -0.15) is 0 Å². The lowest BCUT2D eigenvalue weighted by Gasteiger charge is -2.35. The van der Waals surface area contributed by atoms with Crippen LogP contribution in [0.15, 0.2) is 0 Å². The van der Waals surface area contributed by atoms with Crippen LogP contribution < -0.4 is 5.73 Å². The molecule has 0 bridgehead atoms. The Bertz CT molecular complexity index is 287. The quantitative estimate of drug-likeness (QED) is 0.732. The van der Waals surface area contributed by atoms with Crippen molar-refractivity contribution in [3.05, 3.63) is 0 Å².